The molecule has 0 saturated heterocycles. The highest BCUT2D eigenvalue weighted by atomic mass is 32.2. The molecule has 0 aliphatic rings. The van der Waals surface area contributed by atoms with E-state index in [1.807, 2.05) is 36.8 Å². The Labute approximate surface area is 168 Å². The van der Waals surface area contributed by atoms with E-state index in [4.69, 9.17) is 0 Å². The fourth-order valence-corrected chi connectivity index (χ4v) is 4.86. The maximum atomic E-state index is 13.1. The number of rotatable bonds is 3. The minimum Gasteiger partial charge on any atom is -0.235 e. The van der Waals surface area contributed by atoms with E-state index < -0.39 is 11.7 Å². The number of aromatic nitrogens is 2. The van der Waals surface area contributed by atoms with Gasteiger partial charge in [0.15, 0.2) is 0 Å². The Hall–Kier alpha value is -2.38. The summed E-state index contributed by atoms with van der Waals surface area (Å²) in [6, 6.07) is 11.1. The number of aryl methyl sites for hydroxylation is 1. The molecule has 0 unspecified atom stereocenters. The second kappa shape index (κ2) is 7.22. The lowest BCUT2D eigenvalue weighted by molar-refractivity contribution is -0.137. The van der Waals surface area contributed by atoms with Gasteiger partial charge in [0.1, 0.15) is 11.4 Å². The van der Waals surface area contributed by atoms with Gasteiger partial charge < -0.3 is 0 Å². The van der Waals surface area contributed by atoms with Crippen molar-refractivity contribution >= 4 is 33.3 Å². The minimum absolute atomic E-state index is 0.537. The van der Waals surface area contributed by atoms with Gasteiger partial charge in [-0.2, -0.15) is 13.2 Å². The van der Waals surface area contributed by atoms with Gasteiger partial charge in [-0.05, 0) is 53.6 Å². The fourth-order valence-electron chi connectivity index (χ4n) is 3.13. The zero-order valence-corrected chi connectivity index (χ0v) is 16.7. The minimum atomic E-state index is -4.36. The topological polar surface area (TPSA) is 25.8 Å². The van der Waals surface area contributed by atoms with Crippen LogP contribution < -0.4 is 0 Å². The third kappa shape index (κ3) is 3.40. The van der Waals surface area contributed by atoms with Crippen LogP contribution >= 0.6 is 23.1 Å². The van der Waals surface area contributed by atoms with Crippen molar-refractivity contribution in [1.29, 1.82) is 0 Å². The molecule has 0 aliphatic carbocycles. The van der Waals surface area contributed by atoms with Crippen molar-refractivity contribution in [2.24, 2.45) is 0 Å². The molecule has 4 rings (SSSR count). The molecule has 0 radical (unpaired) electrons. The Balaban J connectivity index is 1.86. The summed E-state index contributed by atoms with van der Waals surface area (Å²) in [7, 11) is 0. The number of halogens is 3. The zero-order chi connectivity index (χ0) is 19.9. The molecule has 0 saturated carbocycles. The quantitative estimate of drug-likeness (QED) is 0.264. The molecular weight excluding hydrogens is 401 g/mol. The molecule has 0 N–H and O–H groups in total. The Morgan fingerprint density at radius 1 is 0.964 bits per heavy atom. The van der Waals surface area contributed by atoms with E-state index in [9.17, 15) is 13.2 Å². The highest BCUT2D eigenvalue weighted by molar-refractivity contribution is 7.98. The van der Waals surface area contributed by atoms with Crippen LogP contribution in [-0.2, 0) is 6.18 Å². The van der Waals surface area contributed by atoms with Crippen LogP contribution in [0, 0.1) is 6.92 Å². The number of thiophene rings is 1. The first-order chi connectivity index (χ1) is 13.4. The molecule has 4 aromatic rings. The van der Waals surface area contributed by atoms with Gasteiger partial charge in [-0.15, -0.1) is 23.1 Å². The summed E-state index contributed by atoms with van der Waals surface area (Å²) < 4.78 is 40.3. The summed E-state index contributed by atoms with van der Waals surface area (Å²) in [6.45, 7) is 1.99. The lowest BCUT2D eigenvalue weighted by Crippen LogP contribution is -2.04. The van der Waals surface area contributed by atoms with Gasteiger partial charge in [-0.25, -0.2) is 9.97 Å². The lowest BCUT2D eigenvalue weighted by atomic mass is 9.95. The molecule has 2 heterocycles. The number of nitrogens with zero attached hydrogens (tertiary/aromatic N) is 2. The predicted octanol–water partition coefficient (Wildman–Crippen LogP) is 7.07. The van der Waals surface area contributed by atoms with Crippen molar-refractivity contribution in [3.05, 3.63) is 65.3 Å². The Kier molecular flexibility index (Phi) is 4.89. The highest BCUT2D eigenvalue weighted by Crippen LogP contribution is 2.39. The molecule has 0 spiro atoms. The number of hydrogen-bond acceptors (Lipinski definition) is 4. The van der Waals surface area contributed by atoms with Crippen LogP contribution in [0.2, 0.25) is 0 Å². The van der Waals surface area contributed by atoms with Gasteiger partial charge in [0.05, 0.1) is 15.8 Å². The molecule has 0 atom stereocenters. The number of thioether (sulfide) groups is 1. The molecule has 2 aromatic carbocycles. The molecular formula is C21H15F3N2S2. The van der Waals surface area contributed by atoms with Crippen LogP contribution in [0.4, 0.5) is 13.2 Å². The molecule has 28 heavy (non-hydrogen) atoms. The Morgan fingerprint density at radius 3 is 2.50 bits per heavy atom. The normalized spacial score (nSPS) is 11.9. The van der Waals surface area contributed by atoms with E-state index in [-0.39, 0.29) is 0 Å². The molecule has 0 amide bonds. The molecule has 0 bridgehead atoms. The SMILES string of the molecule is CSc1ncnc2c(-c3cc(-c4cccc(C(F)(F)F)c4)ccc3C)csc12. The molecule has 0 fully saturated rings. The van der Waals surface area contributed by atoms with E-state index in [0.717, 1.165) is 43.6 Å². The van der Waals surface area contributed by atoms with Crippen LogP contribution in [-0.4, -0.2) is 16.2 Å². The summed E-state index contributed by atoms with van der Waals surface area (Å²) in [5, 5.41) is 2.96. The summed E-state index contributed by atoms with van der Waals surface area (Å²) >= 11 is 3.15. The fraction of sp³-hybridized carbons (Fsp3) is 0.143. The lowest BCUT2D eigenvalue weighted by Gasteiger charge is -2.11. The van der Waals surface area contributed by atoms with Crippen molar-refractivity contribution in [2.45, 2.75) is 18.1 Å². The van der Waals surface area contributed by atoms with E-state index in [1.165, 1.54) is 12.1 Å². The van der Waals surface area contributed by atoms with Gasteiger partial charge in [0.25, 0.3) is 0 Å². The van der Waals surface area contributed by atoms with Gasteiger partial charge in [0, 0.05) is 10.9 Å². The first-order valence-corrected chi connectivity index (χ1v) is 10.5. The largest absolute Gasteiger partial charge is 0.416 e. The zero-order valence-electron chi connectivity index (χ0n) is 15.0. The monoisotopic (exact) mass is 416 g/mol. The van der Waals surface area contributed by atoms with Crippen LogP contribution in [0.3, 0.4) is 0 Å². The van der Waals surface area contributed by atoms with E-state index >= 15 is 0 Å². The van der Waals surface area contributed by atoms with Crippen molar-refractivity contribution in [1.82, 2.24) is 9.97 Å². The standard InChI is InChI=1S/C21H15F3N2S2/c1-12-6-7-14(13-4-3-5-15(8-13)21(22,23)24)9-16(12)17-10-28-19-18(17)25-11-26-20(19)27-2/h3-11H,1-2H3. The van der Waals surface area contributed by atoms with Gasteiger partial charge in [-0.3, -0.25) is 0 Å². The molecule has 7 heteroatoms. The highest BCUT2D eigenvalue weighted by Gasteiger charge is 2.30. The van der Waals surface area contributed by atoms with Crippen LogP contribution in [0.5, 0.6) is 0 Å². The Bertz CT molecular complexity index is 1170. The van der Waals surface area contributed by atoms with Crippen LogP contribution in [0.25, 0.3) is 32.5 Å². The maximum absolute atomic E-state index is 13.1. The van der Waals surface area contributed by atoms with Gasteiger partial charge >= 0.3 is 6.18 Å². The summed E-state index contributed by atoms with van der Waals surface area (Å²) in [4.78, 5) is 8.76. The second-order valence-electron chi connectivity index (χ2n) is 6.32. The summed E-state index contributed by atoms with van der Waals surface area (Å²) in [6.07, 6.45) is -0.838. The van der Waals surface area contributed by atoms with E-state index in [1.54, 1.807) is 35.5 Å². The summed E-state index contributed by atoms with van der Waals surface area (Å²) in [5.41, 5.74) is 4.48. The number of benzene rings is 2. The maximum Gasteiger partial charge on any atom is 0.416 e. The predicted molar refractivity (Wildman–Crippen MR) is 110 cm³/mol. The average Bonchev–Trinajstić information content (AvgIpc) is 3.12. The van der Waals surface area contributed by atoms with Crippen molar-refractivity contribution in [3.63, 3.8) is 0 Å². The van der Waals surface area contributed by atoms with Crippen LogP contribution in [0.15, 0.2) is 59.2 Å². The van der Waals surface area contributed by atoms with Gasteiger partial charge in [0.2, 0.25) is 0 Å². The molecule has 2 aromatic heterocycles. The smallest absolute Gasteiger partial charge is 0.235 e. The van der Waals surface area contributed by atoms with Gasteiger partial charge in [-0.1, -0.05) is 24.3 Å². The first-order valence-electron chi connectivity index (χ1n) is 8.43. The number of fused-ring (bicyclic) bond motifs is 1. The third-order valence-electron chi connectivity index (χ3n) is 4.57. The first kappa shape index (κ1) is 19.0. The molecule has 0 aliphatic heterocycles. The number of alkyl halides is 3. The van der Waals surface area contributed by atoms with Crippen molar-refractivity contribution in [3.8, 4) is 22.3 Å². The van der Waals surface area contributed by atoms with Crippen LogP contribution in [0.1, 0.15) is 11.1 Å². The molecule has 2 nitrogen and oxygen atoms in total. The van der Waals surface area contributed by atoms with E-state index in [0.29, 0.717) is 5.56 Å². The van der Waals surface area contributed by atoms with Crippen molar-refractivity contribution < 1.29 is 13.2 Å². The van der Waals surface area contributed by atoms with E-state index in [2.05, 4.69) is 9.97 Å². The second-order valence-corrected chi connectivity index (χ2v) is 7.99. The summed E-state index contributed by atoms with van der Waals surface area (Å²) in [5.74, 6) is 0. The average molecular weight is 416 g/mol. The van der Waals surface area contributed by atoms with Crippen molar-refractivity contribution in [2.75, 3.05) is 6.26 Å². The molecule has 142 valence electrons. The number of hydrogen-bond donors (Lipinski definition) is 0. The third-order valence-corrected chi connectivity index (χ3v) is 6.37. The Morgan fingerprint density at radius 2 is 1.75 bits per heavy atom.